The number of carbonyl (C=O) groups is 1. The number of carbonyl (C=O) groups excluding carboxylic acids is 1. The molecule has 0 aliphatic rings. The molecule has 2 rings (SSSR count). The molecule has 0 saturated carbocycles. The lowest BCUT2D eigenvalue weighted by molar-refractivity contribution is -0.385. The van der Waals surface area contributed by atoms with E-state index in [0.717, 1.165) is 17.6 Å². The van der Waals surface area contributed by atoms with Crippen LogP contribution >= 0.6 is 0 Å². The number of nitrogens with zero attached hydrogens (tertiary/aromatic N) is 5. The van der Waals surface area contributed by atoms with Crippen LogP contribution < -0.4 is 5.32 Å². The maximum Gasteiger partial charge on any atom is 0.309 e. The Kier molecular flexibility index (Phi) is 4.25. The molecule has 0 aromatic carbocycles. The molecule has 118 valence electrons. The van der Waals surface area contributed by atoms with Gasteiger partial charge in [0.1, 0.15) is 17.9 Å². The number of nitrogens with one attached hydrogen (secondary N) is 1. The van der Waals surface area contributed by atoms with Gasteiger partial charge in [-0.2, -0.15) is 10.2 Å². The number of aryl methyl sites for hydroxylation is 2. The summed E-state index contributed by atoms with van der Waals surface area (Å²) in [6, 6.07) is 1.25. The Hall–Kier alpha value is -2.71. The Morgan fingerprint density at radius 1 is 1.50 bits per heavy atom. The fraction of sp³-hybridized carbons (Fsp3) is 0.462. The van der Waals surface area contributed by atoms with Gasteiger partial charge in [0.25, 0.3) is 0 Å². The number of hydrogen-bond acceptors (Lipinski definition) is 5. The summed E-state index contributed by atoms with van der Waals surface area (Å²) < 4.78 is 3.05. The lowest BCUT2D eigenvalue weighted by atomic mass is 10.3. The third-order valence-corrected chi connectivity index (χ3v) is 3.50. The van der Waals surface area contributed by atoms with Gasteiger partial charge in [-0.05, 0) is 26.8 Å². The van der Waals surface area contributed by atoms with Gasteiger partial charge in [0.15, 0.2) is 0 Å². The topological polar surface area (TPSA) is 108 Å². The number of amides is 1. The van der Waals surface area contributed by atoms with Crippen molar-refractivity contribution in [3.05, 3.63) is 39.5 Å². The highest BCUT2D eigenvalue weighted by molar-refractivity contribution is 5.79. The van der Waals surface area contributed by atoms with Gasteiger partial charge in [-0.3, -0.25) is 24.3 Å². The lowest BCUT2D eigenvalue weighted by Crippen LogP contribution is -2.32. The predicted molar refractivity (Wildman–Crippen MR) is 78.1 cm³/mol. The van der Waals surface area contributed by atoms with Crippen molar-refractivity contribution in [2.45, 2.75) is 33.4 Å². The summed E-state index contributed by atoms with van der Waals surface area (Å²) in [5.41, 5.74) is 2.01. The molecule has 1 amide bonds. The SMILES string of the molecule is Cc1cc(CNC(=O)C(C)n2ncc([N+](=O)[O-])c2C)n(C)n1. The van der Waals surface area contributed by atoms with Crippen molar-refractivity contribution in [1.29, 1.82) is 0 Å². The Balaban J connectivity index is 2.06. The van der Waals surface area contributed by atoms with Crippen LogP contribution in [0.3, 0.4) is 0 Å². The van der Waals surface area contributed by atoms with Gasteiger partial charge in [0.05, 0.1) is 22.9 Å². The highest BCUT2D eigenvalue weighted by Crippen LogP contribution is 2.20. The van der Waals surface area contributed by atoms with E-state index in [-0.39, 0.29) is 11.6 Å². The summed E-state index contributed by atoms with van der Waals surface area (Å²) in [5.74, 6) is -0.264. The monoisotopic (exact) mass is 306 g/mol. The smallest absolute Gasteiger partial charge is 0.309 e. The quantitative estimate of drug-likeness (QED) is 0.655. The second-order valence-electron chi connectivity index (χ2n) is 5.11. The Bertz CT molecular complexity index is 717. The zero-order valence-corrected chi connectivity index (χ0v) is 12.9. The number of nitro groups is 1. The highest BCUT2D eigenvalue weighted by atomic mass is 16.6. The van der Waals surface area contributed by atoms with Crippen molar-refractivity contribution in [3.8, 4) is 0 Å². The number of aromatic nitrogens is 4. The molecule has 0 fully saturated rings. The zero-order valence-electron chi connectivity index (χ0n) is 12.9. The van der Waals surface area contributed by atoms with Crippen LogP contribution in [0.5, 0.6) is 0 Å². The standard InChI is InChI=1S/C13H18N6O3/c1-8-5-11(17(4)16-8)6-14-13(20)10(3)18-9(2)12(7-15-18)19(21)22/h5,7,10H,6H2,1-4H3,(H,14,20). The first-order valence-corrected chi connectivity index (χ1v) is 6.77. The van der Waals surface area contributed by atoms with Gasteiger partial charge >= 0.3 is 5.69 Å². The van der Waals surface area contributed by atoms with Crippen LogP contribution in [-0.4, -0.2) is 30.4 Å². The molecule has 1 N–H and O–H groups in total. The minimum atomic E-state index is -0.636. The molecule has 2 heterocycles. The highest BCUT2D eigenvalue weighted by Gasteiger charge is 2.23. The summed E-state index contributed by atoms with van der Waals surface area (Å²) in [4.78, 5) is 22.5. The van der Waals surface area contributed by atoms with Gasteiger partial charge in [0.2, 0.25) is 5.91 Å². The first-order chi connectivity index (χ1) is 10.3. The average Bonchev–Trinajstić information content (AvgIpc) is 2.97. The first-order valence-electron chi connectivity index (χ1n) is 6.77. The van der Waals surface area contributed by atoms with Crippen molar-refractivity contribution < 1.29 is 9.72 Å². The molecule has 0 bridgehead atoms. The Morgan fingerprint density at radius 3 is 2.68 bits per heavy atom. The summed E-state index contributed by atoms with van der Waals surface area (Å²) in [7, 11) is 1.80. The largest absolute Gasteiger partial charge is 0.349 e. The number of rotatable bonds is 5. The van der Waals surface area contributed by atoms with E-state index < -0.39 is 11.0 Å². The predicted octanol–water partition coefficient (Wildman–Crippen LogP) is 1.02. The molecular weight excluding hydrogens is 288 g/mol. The maximum absolute atomic E-state index is 12.2. The molecule has 2 aromatic heterocycles. The normalized spacial score (nSPS) is 12.2. The lowest BCUT2D eigenvalue weighted by Gasteiger charge is -2.14. The van der Waals surface area contributed by atoms with Crippen LogP contribution in [0, 0.1) is 24.0 Å². The summed E-state index contributed by atoms with van der Waals surface area (Å²) >= 11 is 0. The molecule has 22 heavy (non-hydrogen) atoms. The molecule has 0 aliphatic carbocycles. The summed E-state index contributed by atoms with van der Waals surface area (Å²) in [6.07, 6.45) is 1.16. The molecule has 1 unspecified atom stereocenters. The molecule has 9 nitrogen and oxygen atoms in total. The van der Waals surface area contributed by atoms with Gasteiger partial charge in [0, 0.05) is 7.05 Å². The number of hydrogen-bond donors (Lipinski definition) is 1. The van der Waals surface area contributed by atoms with Crippen molar-refractivity contribution in [1.82, 2.24) is 24.9 Å². The van der Waals surface area contributed by atoms with E-state index in [1.807, 2.05) is 13.0 Å². The zero-order chi connectivity index (χ0) is 16.4. The molecule has 0 aliphatic heterocycles. The van der Waals surface area contributed by atoms with E-state index in [9.17, 15) is 14.9 Å². The van der Waals surface area contributed by atoms with Crippen molar-refractivity contribution in [2.75, 3.05) is 0 Å². The third-order valence-electron chi connectivity index (χ3n) is 3.50. The van der Waals surface area contributed by atoms with Crippen LogP contribution in [0.15, 0.2) is 12.3 Å². The average molecular weight is 306 g/mol. The van der Waals surface area contributed by atoms with E-state index in [0.29, 0.717) is 12.2 Å². The van der Waals surface area contributed by atoms with Gasteiger partial charge in [-0.1, -0.05) is 0 Å². The fourth-order valence-corrected chi connectivity index (χ4v) is 2.25. The van der Waals surface area contributed by atoms with Crippen LogP contribution in [0.1, 0.15) is 30.0 Å². The Morgan fingerprint density at radius 2 is 2.18 bits per heavy atom. The van der Waals surface area contributed by atoms with E-state index in [4.69, 9.17) is 0 Å². The van der Waals surface area contributed by atoms with Crippen molar-refractivity contribution in [2.24, 2.45) is 7.05 Å². The molecule has 0 saturated heterocycles. The minimum absolute atomic E-state index is 0.0955. The second-order valence-corrected chi connectivity index (χ2v) is 5.11. The minimum Gasteiger partial charge on any atom is -0.349 e. The van der Waals surface area contributed by atoms with E-state index in [2.05, 4.69) is 15.5 Å². The van der Waals surface area contributed by atoms with Gasteiger partial charge in [-0.25, -0.2) is 0 Å². The fourth-order valence-electron chi connectivity index (χ4n) is 2.25. The van der Waals surface area contributed by atoms with Crippen LogP contribution in [-0.2, 0) is 18.4 Å². The molecule has 0 spiro atoms. The van der Waals surface area contributed by atoms with Crippen molar-refractivity contribution in [3.63, 3.8) is 0 Å². The van der Waals surface area contributed by atoms with E-state index in [1.165, 1.54) is 4.68 Å². The van der Waals surface area contributed by atoms with Crippen LogP contribution in [0.4, 0.5) is 5.69 Å². The summed E-state index contributed by atoms with van der Waals surface area (Å²) in [6.45, 7) is 5.43. The molecule has 0 radical (unpaired) electrons. The third kappa shape index (κ3) is 2.97. The maximum atomic E-state index is 12.2. The molecule has 2 aromatic rings. The van der Waals surface area contributed by atoms with Crippen molar-refractivity contribution >= 4 is 11.6 Å². The van der Waals surface area contributed by atoms with Crippen LogP contribution in [0.25, 0.3) is 0 Å². The van der Waals surface area contributed by atoms with E-state index >= 15 is 0 Å². The summed E-state index contributed by atoms with van der Waals surface area (Å²) in [5, 5.41) is 21.7. The molecule has 1 atom stereocenters. The molecular formula is C13H18N6O3. The van der Waals surface area contributed by atoms with E-state index in [1.54, 1.807) is 25.6 Å². The van der Waals surface area contributed by atoms with Gasteiger partial charge < -0.3 is 5.32 Å². The second kappa shape index (κ2) is 5.96. The van der Waals surface area contributed by atoms with Gasteiger partial charge in [-0.15, -0.1) is 0 Å². The first kappa shape index (κ1) is 15.7. The van der Waals surface area contributed by atoms with Crippen LogP contribution in [0.2, 0.25) is 0 Å². The Labute approximate surface area is 127 Å². The molecule has 9 heteroatoms.